The lowest BCUT2D eigenvalue weighted by Gasteiger charge is -2.12. The zero-order valence-electron chi connectivity index (χ0n) is 8.43. The number of benzene rings is 1. The first kappa shape index (κ1) is 11.2. The molecule has 0 radical (unpaired) electrons. The molecule has 1 heterocycles. The summed E-state index contributed by atoms with van der Waals surface area (Å²) in [6.45, 7) is 0. The van der Waals surface area contributed by atoms with E-state index in [1.54, 1.807) is 7.05 Å². The van der Waals surface area contributed by atoms with Crippen LogP contribution in [0.4, 0.5) is 4.39 Å². The van der Waals surface area contributed by atoms with E-state index in [1.807, 2.05) is 0 Å². The summed E-state index contributed by atoms with van der Waals surface area (Å²) in [6, 6.07) is 4.13. The molecule has 6 heteroatoms. The van der Waals surface area contributed by atoms with Crippen molar-refractivity contribution in [3.63, 3.8) is 0 Å². The quantitative estimate of drug-likeness (QED) is 0.915. The Morgan fingerprint density at radius 3 is 2.81 bits per heavy atom. The molecule has 1 atom stereocenters. The first-order valence-electron chi connectivity index (χ1n) is 4.57. The number of aliphatic hydroxyl groups excluding tert-OH is 1. The van der Waals surface area contributed by atoms with Crippen LogP contribution < -0.4 is 0 Å². The fourth-order valence-electron chi connectivity index (χ4n) is 1.43. The molecule has 1 aromatic carbocycles. The molecular weight excluding hydrogens is 277 g/mol. The largest absolute Gasteiger partial charge is 0.382 e. The molecule has 0 aliphatic rings. The molecule has 1 N–H and O–H groups in total. The molecule has 84 valence electrons. The molecule has 0 fully saturated rings. The predicted molar refractivity (Wildman–Crippen MR) is 59.2 cm³/mol. The summed E-state index contributed by atoms with van der Waals surface area (Å²) in [7, 11) is 1.68. The lowest BCUT2D eigenvalue weighted by molar-refractivity contribution is 0.209. The third kappa shape index (κ3) is 1.98. The van der Waals surface area contributed by atoms with Gasteiger partial charge in [-0.05, 0) is 12.1 Å². The number of rotatable bonds is 2. The zero-order chi connectivity index (χ0) is 11.7. The highest BCUT2D eigenvalue weighted by atomic mass is 79.9. The maximum Gasteiger partial charge on any atom is 0.124 e. The first-order valence-corrected chi connectivity index (χ1v) is 5.36. The lowest BCUT2D eigenvalue weighted by atomic mass is 10.1. The van der Waals surface area contributed by atoms with Gasteiger partial charge in [0.1, 0.15) is 11.9 Å². The second-order valence-electron chi connectivity index (χ2n) is 3.35. The van der Waals surface area contributed by atoms with E-state index in [-0.39, 0.29) is 5.82 Å². The Morgan fingerprint density at radius 2 is 2.25 bits per heavy atom. The summed E-state index contributed by atoms with van der Waals surface area (Å²) < 4.78 is 14.9. The van der Waals surface area contributed by atoms with Gasteiger partial charge in [-0.2, -0.15) is 0 Å². The first-order chi connectivity index (χ1) is 7.59. The second-order valence-corrected chi connectivity index (χ2v) is 4.21. The van der Waals surface area contributed by atoms with Crippen molar-refractivity contribution in [3.8, 4) is 0 Å². The number of aryl methyl sites for hydroxylation is 1. The molecule has 0 aliphatic carbocycles. The van der Waals surface area contributed by atoms with E-state index in [9.17, 15) is 9.50 Å². The van der Waals surface area contributed by atoms with Gasteiger partial charge in [0.25, 0.3) is 0 Å². The molecule has 2 rings (SSSR count). The molecule has 2 aromatic rings. The van der Waals surface area contributed by atoms with Crippen molar-refractivity contribution in [2.24, 2.45) is 7.05 Å². The van der Waals surface area contributed by atoms with Crippen LogP contribution in [0.3, 0.4) is 0 Å². The van der Waals surface area contributed by atoms with Gasteiger partial charge in [0.05, 0.1) is 11.9 Å². The Hall–Kier alpha value is -1.27. The molecule has 1 aromatic heterocycles. The predicted octanol–water partition coefficient (Wildman–Crippen LogP) is 1.80. The van der Waals surface area contributed by atoms with Crippen molar-refractivity contribution in [2.45, 2.75) is 6.10 Å². The Morgan fingerprint density at radius 1 is 1.50 bits per heavy atom. The summed E-state index contributed by atoms with van der Waals surface area (Å²) in [5.74, 6) is -0.356. The Labute approximate surface area is 99.8 Å². The van der Waals surface area contributed by atoms with E-state index in [1.165, 1.54) is 29.1 Å². The molecule has 16 heavy (non-hydrogen) atoms. The fourth-order valence-corrected chi connectivity index (χ4v) is 2.00. The van der Waals surface area contributed by atoms with Gasteiger partial charge < -0.3 is 5.11 Å². The van der Waals surface area contributed by atoms with Crippen molar-refractivity contribution in [3.05, 3.63) is 45.9 Å². The highest BCUT2D eigenvalue weighted by Crippen LogP contribution is 2.28. The van der Waals surface area contributed by atoms with Gasteiger partial charge in [0.15, 0.2) is 0 Å². The number of aromatic nitrogens is 3. The summed E-state index contributed by atoms with van der Waals surface area (Å²) in [4.78, 5) is 0. The average Bonchev–Trinajstić information content (AvgIpc) is 2.63. The second kappa shape index (κ2) is 4.31. The molecule has 1 unspecified atom stereocenters. The lowest BCUT2D eigenvalue weighted by Crippen LogP contribution is -2.07. The van der Waals surface area contributed by atoms with E-state index >= 15 is 0 Å². The molecule has 0 saturated heterocycles. The number of nitrogens with zero attached hydrogens (tertiary/aromatic N) is 3. The van der Waals surface area contributed by atoms with Gasteiger partial charge in [0.2, 0.25) is 0 Å². The highest BCUT2D eigenvalue weighted by Gasteiger charge is 2.17. The van der Waals surface area contributed by atoms with E-state index in [0.29, 0.717) is 15.7 Å². The fraction of sp³-hybridized carbons (Fsp3) is 0.200. The minimum atomic E-state index is -0.880. The topological polar surface area (TPSA) is 50.9 Å². The average molecular weight is 286 g/mol. The molecule has 0 bridgehead atoms. The van der Waals surface area contributed by atoms with Crippen molar-refractivity contribution in [1.29, 1.82) is 0 Å². The van der Waals surface area contributed by atoms with Crippen molar-refractivity contribution < 1.29 is 9.50 Å². The van der Waals surface area contributed by atoms with Crippen LogP contribution in [0, 0.1) is 5.82 Å². The van der Waals surface area contributed by atoms with Gasteiger partial charge >= 0.3 is 0 Å². The van der Waals surface area contributed by atoms with Crippen molar-refractivity contribution in [1.82, 2.24) is 15.0 Å². The standard InChI is InChI=1S/C10H9BrFN3O/c1-15-9(5-13-14-15)10(16)7-3-2-6(12)4-8(7)11/h2-5,10,16H,1H3. The van der Waals surface area contributed by atoms with Crippen molar-refractivity contribution in [2.75, 3.05) is 0 Å². The molecular formula is C10H9BrFN3O. The molecule has 0 saturated carbocycles. The molecule has 0 spiro atoms. The van der Waals surface area contributed by atoms with Crippen LogP contribution in [0.5, 0.6) is 0 Å². The van der Waals surface area contributed by atoms with Gasteiger partial charge in [0, 0.05) is 17.1 Å². The van der Waals surface area contributed by atoms with Crippen LogP contribution >= 0.6 is 15.9 Å². The van der Waals surface area contributed by atoms with Crippen molar-refractivity contribution >= 4 is 15.9 Å². The summed E-state index contributed by atoms with van der Waals surface area (Å²) >= 11 is 3.21. The van der Waals surface area contributed by atoms with Crippen LogP contribution in [0.15, 0.2) is 28.9 Å². The Balaban J connectivity index is 2.41. The van der Waals surface area contributed by atoms with Crippen LogP contribution in [0.25, 0.3) is 0 Å². The molecule has 0 aliphatic heterocycles. The van der Waals surface area contributed by atoms with Crippen LogP contribution in [-0.2, 0) is 7.05 Å². The van der Waals surface area contributed by atoms with Gasteiger partial charge in [-0.15, -0.1) is 5.10 Å². The Bertz CT molecular complexity index is 515. The third-order valence-corrected chi connectivity index (χ3v) is 2.97. The summed E-state index contributed by atoms with van der Waals surface area (Å²) in [5, 5.41) is 17.5. The van der Waals surface area contributed by atoms with Crippen LogP contribution in [-0.4, -0.2) is 20.1 Å². The molecule has 0 amide bonds. The smallest absolute Gasteiger partial charge is 0.124 e. The number of halogens is 2. The number of hydrogen-bond acceptors (Lipinski definition) is 3. The Kier molecular flexibility index (Phi) is 3.02. The maximum atomic E-state index is 12.9. The monoisotopic (exact) mass is 285 g/mol. The minimum absolute atomic E-state index is 0.356. The van der Waals surface area contributed by atoms with E-state index in [0.717, 1.165) is 0 Å². The SMILES string of the molecule is Cn1nncc1C(O)c1ccc(F)cc1Br. The van der Waals surface area contributed by atoms with Gasteiger partial charge in [-0.3, -0.25) is 0 Å². The normalized spacial score (nSPS) is 12.8. The van der Waals surface area contributed by atoms with Crippen LogP contribution in [0.2, 0.25) is 0 Å². The van der Waals surface area contributed by atoms with Gasteiger partial charge in [-0.25, -0.2) is 9.07 Å². The van der Waals surface area contributed by atoms with E-state index in [2.05, 4.69) is 26.2 Å². The summed E-state index contributed by atoms with van der Waals surface area (Å²) in [6.07, 6.45) is 0.593. The van der Waals surface area contributed by atoms with E-state index < -0.39 is 6.10 Å². The zero-order valence-corrected chi connectivity index (χ0v) is 10.0. The third-order valence-electron chi connectivity index (χ3n) is 2.29. The van der Waals surface area contributed by atoms with Gasteiger partial charge in [-0.1, -0.05) is 27.2 Å². The van der Waals surface area contributed by atoms with Crippen LogP contribution in [0.1, 0.15) is 17.4 Å². The highest BCUT2D eigenvalue weighted by molar-refractivity contribution is 9.10. The minimum Gasteiger partial charge on any atom is -0.382 e. The number of aliphatic hydroxyl groups is 1. The molecule has 4 nitrogen and oxygen atoms in total. The van der Waals surface area contributed by atoms with E-state index in [4.69, 9.17) is 0 Å². The maximum absolute atomic E-state index is 12.9. The summed E-state index contributed by atoms with van der Waals surface area (Å²) in [5.41, 5.74) is 1.12. The number of hydrogen-bond donors (Lipinski definition) is 1.